The predicted octanol–water partition coefficient (Wildman–Crippen LogP) is 3.98. The van der Waals surface area contributed by atoms with E-state index in [0.717, 1.165) is 6.42 Å². The fraction of sp³-hybridized carbons (Fsp3) is 0.625. The van der Waals surface area contributed by atoms with Gasteiger partial charge in [-0.15, -0.1) is 0 Å². The number of rotatable bonds is 2. The van der Waals surface area contributed by atoms with E-state index in [9.17, 15) is 27.1 Å². The van der Waals surface area contributed by atoms with Crippen LogP contribution >= 0.6 is 0 Å². The van der Waals surface area contributed by atoms with E-state index in [1.54, 1.807) is 0 Å². The number of aliphatic hydroxyl groups is 1. The fourth-order valence-corrected chi connectivity index (χ4v) is 4.41. The lowest BCUT2D eigenvalue weighted by Crippen LogP contribution is -2.43. The molecule has 2 nitrogen and oxygen atoms in total. The Kier molecular flexibility index (Phi) is 3.45. The van der Waals surface area contributed by atoms with Crippen LogP contribution in [0.25, 0.3) is 0 Å². The summed E-state index contributed by atoms with van der Waals surface area (Å²) >= 11 is 0. The standard InChI is InChI=1S/C16H18F5NO/c1-15(2)6-4-5-16(15,3)14(23)12(6)22-13-10(20)8(18)7(17)9(19)11(13)21/h6,12,14,22-23H,4-5H2,1-3H3/t6-,12+,14+,16+/m1/s1. The maximum absolute atomic E-state index is 13.8. The van der Waals surface area contributed by atoms with Crippen molar-refractivity contribution in [1.29, 1.82) is 0 Å². The number of nitrogens with one attached hydrogen (secondary N) is 1. The van der Waals surface area contributed by atoms with E-state index in [1.807, 2.05) is 20.8 Å². The van der Waals surface area contributed by atoms with Crippen LogP contribution in [0.1, 0.15) is 33.6 Å². The molecule has 0 spiro atoms. The molecule has 0 radical (unpaired) electrons. The van der Waals surface area contributed by atoms with Gasteiger partial charge in [-0.05, 0) is 24.2 Å². The molecule has 2 aliphatic carbocycles. The van der Waals surface area contributed by atoms with Gasteiger partial charge in [0.05, 0.1) is 12.1 Å². The molecule has 0 unspecified atom stereocenters. The first kappa shape index (κ1) is 16.5. The molecule has 23 heavy (non-hydrogen) atoms. The van der Waals surface area contributed by atoms with Crippen LogP contribution in [0, 0.1) is 45.8 Å². The van der Waals surface area contributed by atoms with Gasteiger partial charge in [-0.3, -0.25) is 0 Å². The molecule has 2 fully saturated rings. The minimum absolute atomic E-state index is 0.127. The molecular weight excluding hydrogens is 317 g/mol. The van der Waals surface area contributed by atoms with Gasteiger partial charge >= 0.3 is 0 Å². The molecule has 0 aliphatic heterocycles. The van der Waals surface area contributed by atoms with E-state index >= 15 is 0 Å². The van der Waals surface area contributed by atoms with Crippen molar-refractivity contribution < 1.29 is 27.1 Å². The van der Waals surface area contributed by atoms with Crippen molar-refractivity contribution in [3.8, 4) is 0 Å². The average molecular weight is 335 g/mol. The lowest BCUT2D eigenvalue weighted by Gasteiger charge is -2.37. The molecule has 2 aliphatic rings. The number of hydrogen-bond donors (Lipinski definition) is 2. The number of aliphatic hydroxyl groups excluding tert-OH is 1. The molecule has 0 saturated heterocycles. The van der Waals surface area contributed by atoms with Gasteiger partial charge < -0.3 is 10.4 Å². The average Bonchev–Trinajstić information content (AvgIpc) is 2.81. The first-order valence-corrected chi connectivity index (χ1v) is 7.50. The molecule has 2 bridgehead atoms. The molecule has 1 aromatic carbocycles. The zero-order valence-electron chi connectivity index (χ0n) is 13.0. The van der Waals surface area contributed by atoms with Crippen LogP contribution in [0.4, 0.5) is 27.6 Å². The van der Waals surface area contributed by atoms with Crippen LogP contribution in [-0.2, 0) is 0 Å². The third kappa shape index (κ3) is 1.89. The van der Waals surface area contributed by atoms with Crippen LogP contribution in [0.2, 0.25) is 0 Å². The second-order valence-corrected chi connectivity index (χ2v) is 7.34. The summed E-state index contributed by atoms with van der Waals surface area (Å²) in [6.07, 6.45) is 0.528. The molecular formula is C16H18F5NO. The van der Waals surface area contributed by atoms with Gasteiger partial charge in [-0.25, -0.2) is 22.0 Å². The first-order valence-electron chi connectivity index (χ1n) is 7.50. The van der Waals surface area contributed by atoms with Crippen LogP contribution in [0.15, 0.2) is 0 Å². The third-order valence-corrected chi connectivity index (χ3v) is 6.32. The van der Waals surface area contributed by atoms with Crippen molar-refractivity contribution >= 4 is 5.69 Å². The largest absolute Gasteiger partial charge is 0.390 e. The summed E-state index contributed by atoms with van der Waals surface area (Å²) in [7, 11) is 0. The molecule has 0 heterocycles. The van der Waals surface area contributed by atoms with E-state index in [2.05, 4.69) is 5.32 Å². The Bertz CT molecular complexity index is 648. The van der Waals surface area contributed by atoms with E-state index < -0.39 is 52.3 Å². The molecule has 2 N–H and O–H groups in total. The van der Waals surface area contributed by atoms with Crippen LogP contribution in [0.5, 0.6) is 0 Å². The van der Waals surface area contributed by atoms with Gasteiger partial charge in [0.2, 0.25) is 5.82 Å². The second-order valence-electron chi connectivity index (χ2n) is 7.34. The molecule has 2 saturated carbocycles. The Morgan fingerprint density at radius 1 is 0.913 bits per heavy atom. The highest BCUT2D eigenvalue weighted by Crippen LogP contribution is 2.65. The maximum Gasteiger partial charge on any atom is 0.200 e. The van der Waals surface area contributed by atoms with Crippen molar-refractivity contribution in [2.24, 2.45) is 16.7 Å². The van der Waals surface area contributed by atoms with Gasteiger partial charge in [-0.2, -0.15) is 0 Å². The first-order chi connectivity index (χ1) is 10.5. The number of halogens is 5. The highest BCUT2D eigenvalue weighted by molar-refractivity contribution is 5.50. The lowest BCUT2D eigenvalue weighted by atomic mass is 9.70. The Morgan fingerprint density at radius 2 is 1.39 bits per heavy atom. The Labute approximate surface area is 130 Å². The van der Waals surface area contributed by atoms with Crippen molar-refractivity contribution in [3.05, 3.63) is 29.1 Å². The summed E-state index contributed by atoms with van der Waals surface area (Å²) in [4.78, 5) is 0. The predicted molar refractivity (Wildman–Crippen MR) is 74.3 cm³/mol. The van der Waals surface area contributed by atoms with Gasteiger partial charge in [-0.1, -0.05) is 20.8 Å². The Balaban J connectivity index is 2.02. The number of benzene rings is 1. The number of anilines is 1. The topological polar surface area (TPSA) is 32.3 Å². The van der Waals surface area contributed by atoms with Crippen molar-refractivity contribution in [2.45, 2.75) is 45.8 Å². The van der Waals surface area contributed by atoms with Gasteiger partial charge in [0.1, 0.15) is 5.69 Å². The van der Waals surface area contributed by atoms with E-state index in [1.165, 1.54) is 0 Å². The molecule has 0 amide bonds. The lowest BCUT2D eigenvalue weighted by molar-refractivity contribution is 0.00839. The SMILES string of the molecule is CC1(C)[C@@H]2CC[C@@]1(C)[C@@H](O)[C@H]2Nc1c(F)c(F)c(F)c(F)c1F. The minimum Gasteiger partial charge on any atom is -0.390 e. The quantitative estimate of drug-likeness (QED) is 0.487. The molecule has 3 rings (SSSR count). The second kappa shape index (κ2) is 4.82. The van der Waals surface area contributed by atoms with E-state index in [0.29, 0.717) is 6.42 Å². The normalized spacial score (nSPS) is 34.9. The fourth-order valence-electron chi connectivity index (χ4n) is 4.41. The number of fused-ring (bicyclic) bond motifs is 2. The zero-order chi connectivity index (χ0) is 17.3. The Hall–Kier alpha value is -1.37. The van der Waals surface area contributed by atoms with Crippen molar-refractivity contribution in [3.63, 3.8) is 0 Å². The van der Waals surface area contributed by atoms with Crippen LogP contribution in [-0.4, -0.2) is 17.3 Å². The monoisotopic (exact) mass is 335 g/mol. The molecule has 0 aromatic heterocycles. The van der Waals surface area contributed by atoms with Gasteiger partial charge in [0.25, 0.3) is 0 Å². The highest BCUT2D eigenvalue weighted by Gasteiger charge is 2.66. The van der Waals surface area contributed by atoms with Crippen molar-refractivity contribution in [2.75, 3.05) is 5.32 Å². The molecule has 128 valence electrons. The summed E-state index contributed by atoms with van der Waals surface area (Å²) in [6.45, 7) is 5.79. The van der Waals surface area contributed by atoms with Crippen LogP contribution < -0.4 is 5.32 Å². The maximum atomic E-state index is 13.8. The van der Waals surface area contributed by atoms with Gasteiger partial charge in [0.15, 0.2) is 23.3 Å². The minimum atomic E-state index is -2.19. The summed E-state index contributed by atoms with van der Waals surface area (Å²) in [5.74, 6) is -10.1. The van der Waals surface area contributed by atoms with E-state index in [-0.39, 0.29) is 11.3 Å². The molecule has 1 aromatic rings. The Morgan fingerprint density at radius 3 is 1.83 bits per heavy atom. The van der Waals surface area contributed by atoms with Crippen LogP contribution in [0.3, 0.4) is 0 Å². The molecule has 4 atom stereocenters. The molecule has 7 heteroatoms. The summed E-state index contributed by atoms with van der Waals surface area (Å²) in [5.41, 5.74) is -1.86. The number of hydrogen-bond acceptors (Lipinski definition) is 2. The van der Waals surface area contributed by atoms with Gasteiger partial charge in [0, 0.05) is 5.41 Å². The third-order valence-electron chi connectivity index (χ3n) is 6.32. The highest BCUT2D eigenvalue weighted by atomic mass is 19.2. The smallest absolute Gasteiger partial charge is 0.200 e. The summed E-state index contributed by atoms with van der Waals surface area (Å²) in [5, 5.41) is 12.9. The summed E-state index contributed by atoms with van der Waals surface area (Å²) in [6, 6.07) is -0.767. The van der Waals surface area contributed by atoms with E-state index in [4.69, 9.17) is 0 Å². The summed E-state index contributed by atoms with van der Waals surface area (Å²) < 4.78 is 67.5. The van der Waals surface area contributed by atoms with Crippen molar-refractivity contribution in [1.82, 2.24) is 0 Å². The zero-order valence-corrected chi connectivity index (χ0v) is 13.0.